The lowest BCUT2D eigenvalue weighted by molar-refractivity contribution is 0.319. The molecule has 18 heavy (non-hydrogen) atoms. The van der Waals surface area contributed by atoms with Gasteiger partial charge in [-0.2, -0.15) is 0 Å². The van der Waals surface area contributed by atoms with Crippen molar-refractivity contribution in [2.75, 3.05) is 6.54 Å². The second-order valence-electron chi connectivity index (χ2n) is 6.41. The first-order valence-corrected chi connectivity index (χ1v) is 8.48. The molecule has 0 saturated heterocycles. The number of hydrogen-bond acceptors (Lipinski definition) is 1. The fraction of sp³-hybridized carbons (Fsp3) is 1.00. The molecule has 1 aliphatic carbocycles. The third-order valence-corrected chi connectivity index (χ3v) is 4.79. The summed E-state index contributed by atoms with van der Waals surface area (Å²) < 4.78 is 0. The van der Waals surface area contributed by atoms with Crippen LogP contribution in [0.15, 0.2) is 0 Å². The van der Waals surface area contributed by atoms with Crippen LogP contribution in [0.4, 0.5) is 0 Å². The lowest BCUT2D eigenvalue weighted by Gasteiger charge is -2.24. The highest BCUT2D eigenvalue weighted by Gasteiger charge is 2.45. The number of nitrogens with one attached hydrogen (secondary N) is 1. The lowest BCUT2D eigenvalue weighted by atomic mass is 9.90. The van der Waals surface area contributed by atoms with E-state index in [1.54, 1.807) is 0 Å². The third-order valence-electron chi connectivity index (χ3n) is 4.79. The van der Waals surface area contributed by atoms with Gasteiger partial charge in [0.1, 0.15) is 0 Å². The van der Waals surface area contributed by atoms with Crippen molar-refractivity contribution in [1.82, 2.24) is 5.32 Å². The van der Waals surface area contributed by atoms with Crippen molar-refractivity contribution in [2.24, 2.45) is 5.41 Å². The van der Waals surface area contributed by atoms with Crippen LogP contribution in [0.1, 0.15) is 91.4 Å². The molecule has 1 fully saturated rings. The van der Waals surface area contributed by atoms with Gasteiger partial charge in [-0.1, -0.05) is 58.8 Å². The molecule has 0 heterocycles. The minimum absolute atomic E-state index is 0.693. The quantitative estimate of drug-likeness (QED) is 0.466. The molecule has 0 amide bonds. The van der Waals surface area contributed by atoms with Gasteiger partial charge < -0.3 is 5.32 Å². The second kappa shape index (κ2) is 8.96. The molecule has 1 unspecified atom stereocenters. The maximum absolute atomic E-state index is 3.70. The molecule has 1 N–H and O–H groups in total. The van der Waals surface area contributed by atoms with E-state index in [1.165, 1.54) is 77.2 Å². The van der Waals surface area contributed by atoms with Gasteiger partial charge in [0.15, 0.2) is 0 Å². The molecule has 0 spiro atoms. The van der Waals surface area contributed by atoms with E-state index in [-0.39, 0.29) is 0 Å². The molecule has 0 aromatic rings. The van der Waals surface area contributed by atoms with Crippen LogP contribution < -0.4 is 5.32 Å². The maximum Gasteiger partial charge on any atom is 0.00951 e. The summed E-state index contributed by atoms with van der Waals surface area (Å²) in [4.78, 5) is 0. The van der Waals surface area contributed by atoms with Crippen LogP contribution in [0.3, 0.4) is 0 Å². The molecular weight excluding hydrogens is 218 g/mol. The van der Waals surface area contributed by atoms with E-state index in [2.05, 4.69) is 26.1 Å². The molecule has 1 atom stereocenters. The summed E-state index contributed by atoms with van der Waals surface area (Å²) in [6.07, 6.45) is 15.8. The Kier molecular flexibility index (Phi) is 7.97. The van der Waals surface area contributed by atoms with E-state index in [1.807, 2.05) is 0 Å². The van der Waals surface area contributed by atoms with E-state index >= 15 is 0 Å². The molecular formula is C17H35N. The molecule has 1 nitrogen and oxygen atoms in total. The summed E-state index contributed by atoms with van der Waals surface area (Å²) in [5.74, 6) is 0. The van der Waals surface area contributed by atoms with E-state index < -0.39 is 0 Å². The minimum atomic E-state index is 0.693. The molecule has 108 valence electrons. The topological polar surface area (TPSA) is 12.0 Å². The van der Waals surface area contributed by atoms with Crippen molar-refractivity contribution in [2.45, 2.75) is 97.4 Å². The first-order valence-electron chi connectivity index (χ1n) is 8.48. The molecule has 1 saturated carbocycles. The molecule has 0 aliphatic heterocycles. The average Bonchev–Trinajstić information content (AvgIpc) is 3.16. The Balaban J connectivity index is 2.00. The Hall–Kier alpha value is -0.0400. The lowest BCUT2D eigenvalue weighted by Crippen LogP contribution is -2.35. The van der Waals surface area contributed by atoms with Crippen LogP contribution in [0.25, 0.3) is 0 Å². The van der Waals surface area contributed by atoms with Gasteiger partial charge in [0.05, 0.1) is 0 Å². The van der Waals surface area contributed by atoms with Gasteiger partial charge in [0.2, 0.25) is 0 Å². The van der Waals surface area contributed by atoms with Crippen LogP contribution in [-0.4, -0.2) is 12.6 Å². The van der Waals surface area contributed by atoms with E-state index in [9.17, 15) is 0 Å². The highest BCUT2D eigenvalue weighted by atomic mass is 14.9. The van der Waals surface area contributed by atoms with Crippen LogP contribution in [0.5, 0.6) is 0 Å². The third kappa shape index (κ3) is 5.73. The summed E-state index contributed by atoms with van der Waals surface area (Å²) in [6, 6.07) is 0.748. The maximum atomic E-state index is 3.70. The summed E-state index contributed by atoms with van der Waals surface area (Å²) >= 11 is 0. The first kappa shape index (κ1) is 16.0. The van der Waals surface area contributed by atoms with Gasteiger partial charge in [-0.15, -0.1) is 0 Å². The zero-order chi connectivity index (χ0) is 13.3. The Labute approximate surface area is 115 Å². The van der Waals surface area contributed by atoms with Crippen molar-refractivity contribution < 1.29 is 0 Å². The molecule has 0 aromatic carbocycles. The highest BCUT2D eigenvalue weighted by Crippen LogP contribution is 2.52. The van der Waals surface area contributed by atoms with Gasteiger partial charge in [0, 0.05) is 6.04 Å². The van der Waals surface area contributed by atoms with Crippen molar-refractivity contribution in [1.29, 1.82) is 0 Å². The SMILES string of the molecule is CCCCCCCCCC1(C(C)NCCC)CC1. The second-order valence-corrected chi connectivity index (χ2v) is 6.41. The molecule has 0 aromatic heterocycles. The molecule has 0 radical (unpaired) electrons. The summed E-state index contributed by atoms with van der Waals surface area (Å²) in [5, 5.41) is 3.70. The molecule has 1 rings (SSSR count). The molecule has 1 heteroatoms. The minimum Gasteiger partial charge on any atom is -0.314 e. The van der Waals surface area contributed by atoms with E-state index in [4.69, 9.17) is 0 Å². The van der Waals surface area contributed by atoms with Crippen molar-refractivity contribution >= 4 is 0 Å². The Morgan fingerprint density at radius 3 is 2.06 bits per heavy atom. The Bertz CT molecular complexity index is 196. The molecule has 1 aliphatic rings. The first-order chi connectivity index (χ1) is 8.75. The van der Waals surface area contributed by atoms with E-state index in [0.717, 1.165) is 6.04 Å². The van der Waals surface area contributed by atoms with Crippen LogP contribution in [0, 0.1) is 5.41 Å². The van der Waals surface area contributed by atoms with Gasteiger partial charge in [-0.05, 0) is 44.6 Å². The van der Waals surface area contributed by atoms with Gasteiger partial charge in [-0.25, -0.2) is 0 Å². The summed E-state index contributed by atoms with van der Waals surface area (Å²) in [5.41, 5.74) is 0.693. The smallest absolute Gasteiger partial charge is 0.00951 e. The average molecular weight is 253 g/mol. The summed E-state index contributed by atoms with van der Waals surface area (Å²) in [7, 11) is 0. The predicted octanol–water partition coefficient (Wildman–Crippen LogP) is 5.30. The van der Waals surface area contributed by atoms with Gasteiger partial charge in [-0.3, -0.25) is 0 Å². The highest BCUT2D eigenvalue weighted by molar-refractivity contribution is 5.00. The monoisotopic (exact) mass is 253 g/mol. The normalized spacial score (nSPS) is 18.8. The standard InChI is InChI=1S/C17H35N/c1-4-6-7-8-9-10-11-12-17(13-14-17)16(3)18-15-5-2/h16,18H,4-15H2,1-3H3. The van der Waals surface area contributed by atoms with Crippen LogP contribution in [0.2, 0.25) is 0 Å². The zero-order valence-electron chi connectivity index (χ0n) is 13.1. The fourth-order valence-electron chi connectivity index (χ4n) is 3.07. The van der Waals surface area contributed by atoms with E-state index in [0.29, 0.717) is 5.41 Å². The number of rotatable bonds is 12. The fourth-order valence-corrected chi connectivity index (χ4v) is 3.07. The van der Waals surface area contributed by atoms with Crippen molar-refractivity contribution in [3.05, 3.63) is 0 Å². The van der Waals surface area contributed by atoms with Gasteiger partial charge >= 0.3 is 0 Å². The Morgan fingerprint density at radius 1 is 0.889 bits per heavy atom. The molecule has 0 bridgehead atoms. The number of unbranched alkanes of at least 4 members (excludes halogenated alkanes) is 6. The predicted molar refractivity (Wildman–Crippen MR) is 82.0 cm³/mol. The largest absolute Gasteiger partial charge is 0.314 e. The van der Waals surface area contributed by atoms with Crippen molar-refractivity contribution in [3.63, 3.8) is 0 Å². The number of hydrogen-bond donors (Lipinski definition) is 1. The summed E-state index contributed by atoms with van der Waals surface area (Å²) in [6.45, 7) is 8.15. The van der Waals surface area contributed by atoms with Crippen molar-refractivity contribution in [3.8, 4) is 0 Å². The zero-order valence-corrected chi connectivity index (χ0v) is 13.1. The van der Waals surface area contributed by atoms with Crippen LogP contribution >= 0.6 is 0 Å². The Morgan fingerprint density at radius 2 is 1.50 bits per heavy atom. The van der Waals surface area contributed by atoms with Gasteiger partial charge in [0.25, 0.3) is 0 Å². The van der Waals surface area contributed by atoms with Crippen LogP contribution in [-0.2, 0) is 0 Å².